The molecule has 2 aromatic rings. The fourth-order valence-electron chi connectivity index (χ4n) is 3.11. The van der Waals surface area contributed by atoms with E-state index in [0.717, 1.165) is 18.7 Å². The van der Waals surface area contributed by atoms with Crippen molar-refractivity contribution in [2.24, 2.45) is 0 Å². The zero-order chi connectivity index (χ0) is 20.3. The van der Waals surface area contributed by atoms with E-state index in [0.29, 0.717) is 24.5 Å². The summed E-state index contributed by atoms with van der Waals surface area (Å²) in [4.78, 5) is 16.3. The van der Waals surface area contributed by atoms with E-state index in [1.807, 2.05) is 31.0 Å². The molecule has 8 heteroatoms. The molecular formula is C20H25N3O4S. The average Bonchev–Trinajstić information content (AvgIpc) is 2.69. The van der Waals surface area contributed by atoms with Crippen LogP contribution in [0.2, 0.25) is 0 Å². The molecule has 150 valence electrons. The van der Waals surface area contributed by atoms with Crippen LogP contribution in [0.5, 0.6) is 0 Å². The van der Waals surface area contributed by atoms with Crippen molar-refractivity contribution < 1.29 is 17.9 Å². The molecule has 0 spiro atoms. The lowest BCUT2D eigenvalue weighted by Gasteiger charge is -2.35. The second kappa shape index (κ2) is 8.20. The summed E-state index contributed by atoms with van der Waals surface area (Å²) >= 11 is 0. The molecule has 1 fully saturated rings. The molecule has 0 saturated carbocycles. The van der Waals surface area contributed by atoms with Crippen molar-refractivity contribution >= 4 is 27.4 Å². The number of aryl methyl sites for hydroxylation is 1. The lowest BCUT2D eigenvalue weighted by Crippen LogP contribution is -2.45. The van der Waals surface area contributed by atoms with E-state index in [9.17, 15) is 13.2 Å². The van der Waals surface area contributed by atoms with Gasteiger partial charge < -0.3 is 14.5 Å². The first-order chi connectivity index (χ1) is 13.3. The predicted molar refractivity (Wildman–Crippen MR) is 109 cm³/mol. The van der Waals surface area contributed by atoms with E-state index in [1.165, 1.54) is 13.2 Å². The molecular weight excluding hydrogens is 378 g/mol. The lowest BCUT2D eigenvalue weighted by molar-refractivity contribution is 0.0600. The van der Waals surface area contributed by atoms with Crippen molar-refractivity contribution in [3.8, 4) is 0 Å². The van der Waals surface area contributed by atoms with E-state index in [1.54, 1.807) is 24.3 Å². The van der Waals surface area contributed by atoms with E-state index >= 15 is 0 Å². The number of nitrogens with zero attached hydrogens (tertiary/aromatic N) is 2. The Labute approximate surface area is 166 Å². The third-order valence-corrected chi connectivity index (χ3v) is 6.23. The Morgan fingerprint density at radius 2 is 1.68 bits per heavy atom. The van der Waals surface area contributed by atoms with Crippen LogP contribution in [0, 0.1) is 6.92 Å². The number of likely N-dealkylation sites (N-methyl/N-ethyl adjacent to an activating group) is 1. The van der Waals surface area contributed by atoms with Gasteiger partial charge in [-0.1, -0.05) is 17.7 Å². The highest BCUT2D eigenvalue weighted by atomic mass is 32.2. The first kappa shape index (κ1) is 20.2. The topological polar surface area (TPSA) is 79.0 Å². The zero-order valence-electron chi connectivity index (χ0n) is 16.3. The summed E-state index contributed by atoms with van der Waals surface area (Å²) in [7, 11) is -0.588. The van der Waals surface area contributed by atoms with Gasteiger partial charge in [0.15, 0.2) is 0 Å². The molecule has 1 N–H and O–H groups in total. The summed E-state index contributed by atoms with van der Waals surface area (Å²) in [6.07, 6.45) is 0. The Morgan fingerprint density at radius 1 is 1.04 bits per heavy atom. The summed E-state index contributed by atoms with van der Waals surface area (Å²) in [5.74, 6) is -0.572. The summed E-state index contributed by atoms with van der Waals surface area (Å²) < 4.78 is 33.7. The number of esters is 1. The molecule has 28 heavy (non-hydrogen) atoms. The molecule has 0 atom stereocenters. The molecule has 7 nitrogen and oxygen atoms in total. The van der Waals surface area contributed by atoms with Gasteiger partial charge in [-0.3, -0.25) is 4.72 Å². The minimum Gasteiger partial charge on any atom is -0.465 e. The molecule has 3 rings (SSSR count). The van der Waals surface area contributed by atoms with Gasteiger partial charge >= 0.3 is 5.97 Å². The van der Waals surface area contributed by atoms with Gasteiger partial charge in [0.25, 0.3) is 10.0 Å². The quantitative estimate of drug-likeness (QED) is 0.772. The molecule has 1 aliphatic heterocycles. The van der Waals surface area contributed by atoms with Crippen LogP contribution >= 0.6 is 0 Å². The van der Waals surface area contributed by atoms with Gasteiger partial charge in [0.2, 0.25) is 0 Å². The molecule has 0 bridgehead atoms. The number of rotatable bonds is 5. The summed E-state index contributed by atoms with van der Waals surface area (Å²) in [6.45, 7) is 5.03. The number of piperazine rings is 1. The second-order valence-corrected chi connectivity index (χ2v) is 8.59. The molecule has 1 saturated heterocycles. The first-order valence-electron chi connectivity index (χ1n) is 9.05. The fourth-order valence-corrected chi connectivity index (χ4v) is 4.43. The number of sulfonamides is 1. The van der Waals surface area contributed by atoms with E-state index < -0.39 is 16.0 Å². The first-order valence-corrected chi connectivity index (χ1v) is 10.5. The van der Waals surface area contributed by atoms with Gasteiger partial charge in [-0.2, -0.15) is 0 Å². The molecule has 0 amide bonds. The molecule has 1 heterocycles. The summed E-state index contributed by atoms with van der Waals surface area (Å²) in [5.41, 5.74) is 2.29. The van der Waals surface area contributed by atoms with Crippen LogP contribution in [-0.4, -0.2) is 59.6 Å². The van der Waals surface area contributed by atoms with Crippen LogP contribution in [0.3, 0.4) is 0 Å². The second-order valence-electron chi connectivity index (χ2n) is 6.94. The third-order valence-electron chi connectivity index (χ3n) is 4.82. The van der Waals surface area contributed by atoms with Gasteiger partial charge in [-0.15, -0.1) is 0 Å². The van der Waals surface area contributed by atoms with Crippen LogP contribution in [-0.2, 0) is 14.8 Å². The van der Waals surface area contributed by atoms with Crippen LogP contribution in [0.4, 0.5) is 11.4 Å². The van der Waals surface area contributed by atoms with Crippen LogP contribution in [0.15, 0.2) is 47.4 Å². The normalized spacial score (nSPS) is 15.3. The summed E-state index contributed by atoms with van der Waals surface area (Å²) in [6, 6.07) is 11.8. The number of benzene rings is 2. The summed E-state index contributed by atoms with van der Waals surface area (Å²) in [5, 5.41) is 0. The van der Waals surface area contributed by atoms with Crippen LogP contribution < -0.4 is 9.62 Å². The zero-order valence-corrected chi connectivity index (χ0v) is 17.1. The third kappa shape index (κ3) is 4.45. The van der Waals surface area contributed by atoms with E-state index in [2.05, 4.69) is 9.62 Å². The van der Waals surface area contributed by atoms with Gasteiger partial charge in [0, 0.05) is 31.9 Å². The van der Waals surface area contributed by atoms with E-state index in [4.69, 9.17) is 4.74 Å². The smallest absolute Gasteiger partial charge is 0.337 e. The highest BCUT2D eigenvalue weighted by Crippen LogP contribution is 2.29. The average molecular weight is 404 g/mol. The number of anilines is 2. The Hall–Kier alpha value is -2.58. The van der Waals surface area contributed by atoms with Gasteiger partial charge in [0.05, 0.1) is 18.4 Å². The van der Waals surface area contributed by atoms with Gasteiger partial charge in [-0.05, 0) is 44.3 Å². The maximum atomic E-state index is 13.2. The van der Waals surface area contributed by atoms with Crippen molar-refractivity contribution in [3.05, 3.63) is 53.6 Å². The van der Waals surface area contributed by atoms with Crippen molar-refractivity contribution in [2.75, 3.05) is 50.0 Å². The molecule has 1 aliphatic rings. The largest absolute Gasteiger partial charge is 0.465 e. The fraction of sp³-hybridized carbons (Fsp3) is 0.350. The SMILES string of the molecule is COC(=O)c1ccc(N2CCN(C)CC2)c(S(=O)(=O)Nc2ccc(C)cc2)c1. The monoisotopic (exact) mass is 403 g/mol. The number of methoxy groups -OCH3 is 1. The standard InChI is InChI=1S/C20H25N3O4S/c1-15-4-7-17(8-5-15)21-28(25,26)19-14-16(20(24)27-3)6-9-18(19)23-12-10-22(2)11-13-23/h4-9,14,21H,10-13H2,1-3H3. The Balaban J connectivity index is 2.01. The molecule has 0 radical (unpaired) electrons. The predicted octanol–water partition coefficient (Wildman–Crippen LogP) is 2.33. The maximum absolute atomic E-state index is 13.2. The van der Waals surface area contributed by atoms with Crippen LogP contribution in [0.1, 0.15) is 15.9 Å². The Morgan fingerprint density at radius 3 is 2.29 bits per heavy atom. The number of hydrogen-bond donors (Lipinski definition) is 1. The van der Waals surface area contributed by atoms with E-state index in [-0.39, 0.29) is 10.5 Å². The number of ether oxygens (including phenoxy) is 1. The Kier molecular flexibility index (Phi) is 5.90. The molecule has 0 aliphatic carbocycles. The number of hydrogen-bond acceptors (Lipinski definition) is 6. The van der Waals surface area contributed by atoms with Gasteiger partial charge in [-0.25, -0.2) is 13.2 Å². The molecule has 2 aromatic carbocycles. The maximum Gasteiger partial charge on any atom is 0.337 e. The minimum absolute atomic E-state index is 0.0699. The van der Waals surface area contributed by atoms with Crippen molar-refractivity contribution in [2.45, 2.75) is 11.8 Å². The van der Waals surface area contributed by atoms with Crippen molar-refractivity contribution in [3.63, 3.8) is 0 Å². The Bertz CT molecular complexity index is 950. The van der Waals surface area contributed by atoms with Crippen molar-refractivity contribution in [1.29, 1.82) is 0 Å². The molecule has 0 unspecified atom stereocenters. The molecule has 0 aromatic heterocycles. The van der Waals surface area contributed by atoms with Crippen LogP contribution in [0.25, 0.3) is 0 Å². The van der Waals surface area contributed by atoms with Crippen molar-refractivity contribution in [1.82, 2.24) is 4.90 Å². The highest BCUT2D eigenvalue weighted by Gasteiger charge is 2.26. The highest BCUT2D eigenvalue weighted by molar-refractivity contribution is 7.92. The number of carbonyl (C=O) groups excluding carboxylic acids is 1. The lowest BCUT2D eigenvalue weighted by atomic mass is 10.2. The van der Waals surface area contributed by atoms with Gasteiger partial charge in [0.1, 0.15) is 4.90 Å². The number of carbonyl (C=O) groups is 1. The number of nitrogens with one attached hydrogen (secondary N) is 1. The minimum atomic E-state index is -3.90.